The van der Waals surface area contributed by atoms with Crippen molar-refractivity contribution in [3.63, 3.8) is 0 Å². The van der Waals surface area contributed by atoms with Crippen molar-refractivity contribution in [3.05, 3.63) is 34.9 Å². The zero-order valence-electron chi connectivity index (χ0n) is 10.8. The van der Waals surface area contributed by atoms with Crippen molar-refractivity contribution in [3.8, 4) is 0 Å². The summed E-state index contributed by atoms with van der Waals surface area (Å²) in [5.74, 6) is -3.24. The zero-order valence-corrected chi connectivity index (χ0v) is 12.4. The van der Waals surface area contributed by atoms with E-state index in [0.29, 0.717) is 5.02 Å². The van der Waals surface area contributed by atoms with Gasteiger partial charge in [-0.05, 0) is 18.6 Å². The van der Waals surface area contributed by atoms with E-state index >= 15 is 0 Å². The summed E-state index contributed by atoms with van der Waals surface area (Å²) >= 11 is 6.02. The van der Waals surface area contributed by atoms with Crippen LogP contribution in [0.2, 0.25) is 5.02 Å². The normalized spacial score (nSPS) is 21.9. The van der Waals surface area contributed by atoms with Crippen LogP contribution >= 0.6 is 24.0 Å². The van der Waals surface area contributed by atoms with Crippen molar-refractivity contribution in [2.75, 3.05) is 6.54 Å². The monoisotopic (exact) mass is 324 g/mol. The molecule has 1 aliphatic rings. The van der Waals surface area contributed by atoms with Crippen LogP contribution in [0.25, 0.3) is 0 Å². The number of carbonyl (C=O) groups is 1. The number of hydrogen-bond donors (Lipinski definition) is 2. The molecule has 0 spiro atoms. The van der Waals surface area contributed by atoms with Gasteiger partial charge < -0.3 is 5.32 Å². The summed E-state index contributed by atoms with van der Waals surface area (Å²) in [4.78, 5) is 11.9. The summed E-state index contributed by atoms with van der Waals surface area (Å²) in [6.07, 6.45) is -0.464. The molecule has 2 N–H and O–H groups in total. The predicted octanol–water partition coefficient (Wildman–Crippen LogP) is 2.94. The van der Waals surface area contributed by atoms with Crippen molar-refractivity contribution in [2.45, 2.75) is 31.4 Å². The van der Waals surface area contributed by atoms with Crippen LogP contribution in [0.3, 0.4) is 0 Å². The Balaban J connectivity index is 0.00000200. The summed E-state index contributed by atoms with van der Waals surface area (Å²) in [5, 5.41) is 5.76. The Morgan fingerprint density at radius 1 is 1.50 bits per heavy atom. The van der Waals surface area contributed by atoms with E-state index in [-0.39, 0.29) is 18.4 Å². The summed E-state index contributed by atoms with van der Waals surface area (Å²) in [7, 11) is 0. The molecule has 0 aliphatic carbocycles. The third-order valence-electron chi connectivity index (χ3n) is 3.16. The van der Waals surface area contributed by atoms with Crippen LogP contribution in [0.4, 0.5) is 8.78 Å². The molecule has 1 aromatic rings. The van der Waals surface area contributed by atoms with Crippen LogP contribution in [0.1, 0.15) is 24.9 Å². The highest BCUT2D eigenvalue weighted by atomic mass is 35.5. The molecule has 112 valence electrons. The third-order valence-corrected chi connectivity index (χ3v) is 3.50. The standard InChI is InChI=1S/C13H15ClF2N2O.ClH/c1-8(9-4-2-3-5-10(9)14)18-12(19)11-6-13(15,16)7-17-11;/h2-5,8,11,17H,6-7H2,1H3,(H,18,19);1H. The van der Waals surface area contributed by atoms with Gasteiger partial charge in [0.05, 0.1) is 18.6 Å². The molecule has 0 radical (unpaired) electrons. The fraction of sp³-hybridized carbons (Fsp3) is 0.462. The lowest BCUT2D eigenvalue weighted by molar-refractivity contribution is -0.124. The van der Waals surface area contributed by atoms with Crippen molar-refractivity contribution < 1.29 is 13.6 Å². The van der Waals surface area contributed by atoms with Crippen LogP contribution in [0.5, 0.6) is 0 Å². The Bertz CT molecular complexity index is 485. The third kappa shape index (κ3) is 4.04. The molecule has 2 rings (SSSR count). The minimum absolute atomic E-state index is 0. The van der Waals surface area contributed by atoms with E-state index in [0.717, 1.165) is 5.56 Å². The van der Waals surface area contributed by atoms with Gasteiger partial charge in [-0.15, -0.1) is 12.4 Å². The number of carbonyl (C=O) groups excluding carboxylic acids is 1. The van der Waals surface area contributed by atoms with Crippen LogP contribution in [0, 0.1) is 0 Å². The van der Waals surface area contributed by atoms with E-state index in [2.05, 4.69) is 10.6 Å². The van der Waals surface area contributed by atoms with Crippen molar-refractivity contribution in [2.24, 2.45) is 0 Å². The Hall–Kier alpha value is -0.910. The molecule has 1 aliphatic heterocycles. The highest BCUT2D eigenvalue weighted by molar-refractivity contribution is 6.31. The summed E-state index contributed by atoms with van der Waals surface area (Å²) < 4.78 is 26.0. The zero-order chi connectivity index (χ0) is 14.0. The van der Waals surface area contributed by atoms with Crippen molar-refractivity contribution >= 4 is 29.9 Å². The maximum absolute atomic E-state index is 13.0. The van der Waals surface area contributed by atoms with Crippen LogP contribution in [-0.4, -0.2) is 24.4 Å². The molecule has 1 fully saturated rings. The molecule has 2 atom stereocenters. The first-order chi connectivity index (χ1) is 8.89. The predicted molar refractivity (Wildman–Crippen MR) is 76.6 cm³/mol. The first kappa shape index (κ1) is 17.1. The van der Waals surface area contributed by atoms with Gasteiger partial charge in [-0.1, -0.05) is 29.8 Å². The molecule has 0 saturated carbocycles. The maximum Gasteiger partial charge on any atom is 0.262 e. The van der Waals surface area contributed by atoms with Gasteiger partial charge in [0.2, 0.25) is 5.91 Å². The molecule has 0 aromatic heterocycles. The van der Waals surface area contributed by atoms with E-state index in [1.165, 1.54) is 0 Å². The molecule has 7 heteroatoms. The number of nitrogens with one attached hydrogen (secondary N) is 2. The fourth-order valence-electron chi connectivity index (χ4n) is 2.12. The number of alkyl halides is 2. The molecule has 1 heterocycles. The smallest absolute Gasteiger partial charge is 0.262 e. The van der Waals surface area contributed by atoms with E-state index in [1.807, 2.05) is 6.07 Å². The largest absolute Gasteiger partial charge is 0.348 e. The molecule has 2 unspecified atom stereocenters. The van der Waals surface area contributed by atoms with Crippen LogP contribution in [0.15, 0.2) is 24.3 Å². The topological polar surface area (TPSA) is 41.1 Å². The number of benzene rings is 1. The summed E-state index contributed by atoms with van der Waals surface area (Å²) in [6.45, 7) is 1.32. The number of rotatable bonds is 3. The Labute approximate surface area is 127 Å². The van der Waals surface area contributed by atoms with Gasteiger partial charge in [-0.3, -0.25) is 10.1 Å². The van der Waals surface area contributed by atoms with Gasteiger partial charge >= 0.3 is 0 Å². The van der Waals surface area contributed by atoms with Gasteiger partial charge in [0.15, 0.2) is 0 Å². The van der Waals surface area contributed by atoms with Gasteiger partial charge in [0.1, 0.15) is 0 Å². The van der Waals surface area contributed by atoms with Crippen molar-refractivity contribution in [1.82, 2.24) is 10.6 Å². The Morgan fingerprint density at radius 2 is 2.15 bits per heavy atom. The van der Waals surface area contributed by atoms with Crippen LogP contribution < -0.4 is 10.6 Å². The lowest BCUT2D eigenvalue weighted by Gasteiger charge is -2.18. The molecule has 1 saturated heterocycles. The van der Waals surface area contributed by atoms with Gasteiger partial charge in [0.25, 0.3) is 5.92 Å². The van der Waals surface area contributed by atoms with E-state index < -0.39 is 30.8 Å². The minimum Gasteiger partial charge on any atom is -0.348 e. The highest BCUT2D eigenvalue weighted by Gasteiger charge is 2.42. The number of amides is 1. The maximum atomic E-state index is 13.0. The molecule has 1 amide bonds. The lowest BCUT2D eigenvalue weighted by Crippen LogP contribution is -2.41. The molecule has 3 nitrogen and oxygen atoms in total. The SMILES string of the molecule is CC(NC(=O)C1CC(F)(F)CN1)c1ccccc1Cl.Cl. The van der Waals surface area contributed by atoms with Crippen molar-refractivity contribution in [1.29, 1.82) is 0 Å². The number of halogens is 4. The molecule has 1 aromatic carbocycles. The van der Waals surface area contributed by atoms with E-state index in [4.69, 9.17) is 11.6 Å². The van der Waals surface area contributed by atoms with E-state index in [1.54, 1.807) is 25.1 Å². The molecule has 0 bridgehead atoms. The summed E-state index contributed by atoms with van der Waals surface area (Å²) in [6, 6.07) is 5.95. The average molecular weight is 325 g/mol. The Kier molecular flexibility index (Phi) is 5.74. The minimum atomic E-state index is -2.81. The van der Waals surface area contributed by atoms with E-state index in [9.17, 15) is 13.6 Å². The fourth-order valence-corrected chi connectivity index (χ4v) is 2.42. The Morgan fingerprint density at radius 3 is 2.70 bits per heavy atom. The highest BCUT2D eigenvalue weighted by Crippen LogP contribution is 2.26. The lowest BCUT2D eigenvalue weighted by atomic mass is 10.1. The molecular formula is C13H16Cl2F2N2O. The second-order valence-electron chi connectivity index (χ2n) is 4.75. The molecular weight excluding hydrogens is 309 g/mol. The van der Waals surface area contributed by atoms with Gasteiger partial charge in [-0.25, -0.2) is 8.78 Å². The molecule has 20 heavy (non-hydrogen) atoms. The second-order valence-corrected chi connectivity index (χ2v) is 5.15. The van der Waals surface area contributed by atoms with Crippen LogP contribution in [-0.2, 0) is 4.79 Å². The first-order valence-corrected chi connectivity index (χ1v) is 6.43. The number of hydrogen-bond acceptors (Lipinski definition) is 2. The summed E-state index contributed by atoms with van der Waals surface area (Å²) in [5.41, 5.74) is 0.766. The van der Waals surface area contributed by atoms with Gasteiger partial charge in [0, 0.05) is 11.4 Å². The van der Waals surface area contributed by atoms with Gasteiger partial charge in [-0.2, -0.15) is 0 Å². The second kappa shape index (κ2) is 6.70. The average Bonchev–Trinajstić information content (AvgIpc) is 2.70. The first-order valence-electron chi connectivity index (χ1n) is 6.05. The quantitative estimate of drug-likeness (QED) is 0.897.